The summed E-state index contributed by atoms with van der Waals surface area (Å²) in [6, 6.07) is 8.37. The molecular weight excluding hydrogens is 345 g/mol. The minimum Gasteiger partial charge on any atom is -0.353 e. The van der Waals surface area contributed by atoms with Gasteiger partial charge in [-0.25, -0.2) is 19.3 Å². The number of pyridine rings is 1. The number of carbonyl (C=O) groups excluding carboxylic acids is 1. The molecule has 3 aromatic rings. The van der Waals surface area contributed by atoms with Gasteiger partial charge in [0.05, 0.1) is 22.5 Å². The molecule has 0 atom stereocenters. The van der Waals surface area contributed by atoms with Gasteiger partial charge in [0.25, 0.3) is 5.91 Å². The average Bonchev–Trinajstić information content (AvgIpc) is 2.69. The van der Waals surface area contributed by atoms with Gasteiger partial charge in [-0.1, -0.05) is 6.07 Å². The molecule has 1 aliphatic rings. The van der Waals surface area contributed by atoms with Gasteiger partial charge in [0.1, 0.15) is 17.2 Å². The number of aromatic nitrogens is 3. The normalized spacial score (nSPS) is 14.6. The smallest absolute Gasteiger partial charge is 0.256 e. The van der Waals surface area contributed by atoms with Crippen molar-refractivity contribution in [3.8, 4) is 0 Å². The third-order valence-electron chi connectivity index (χ3n) is 4.92. The van der Waals surface area contributed by atoms with E-state index in [2.05, 4.69) is 19.9 Å². The van der Waals surface area contributed by atoms with Crippen LogP contribution < -0.4 is 4.90 Å². The molecule has 138 valence electrons. The molecule has 1 amide bonds. The Morgan fingerprint density at radius 3 is 2.48 bits per heavy atom. The first-order chi connectivity index (χ1) is 13.0. The fraction of sp³-hybridized carbons (Fsp3) is 0.300. The highest BCUT2D eigenvalue weighted by molar-refractivity contribution is 6.04. The van der Waals surface area contributed by atoms with E-state index in [0.29, 0.717) is 37.2 Å². The van der Waals surface area contributed by atoms with Crippen molar-refractivity contribution in [1.82, 2.24) is 19.9 Å². The molecule has 27 heavy (non-hydrogen) atoms. The maximum atomic E-state index is 14.1. The summed E-state index contributed by atoms with van der Waals surface area (Å²) >= 11 is 0. The number of hydrogen-bond acceptors (Lipinski definition) is 5. The number of benzene rings is 1. The van der Waals surface area contributed by atoms with Gasteiger partial charge in [-0.05, 0) is 32.0 Å². The molecule has 4 rings (SSSR count). The van der Waals surface area contributed by atoms with Gasteiger partial charge in [0, 0.05) is 38.4 Å². The molecule has 0 unspecified atom stereocenters. The molecule has 0 bridgehead atoms. The van der Waals surface area contributed by atoms with Crippen molar-refractivity contribution in [2.75, 3.05) is 31.1 Å². The second-order valence-electron chi connectivity index (χ2n) is 6.68. The lowest BCUT2D eigenvalue weighted by Crippen LogP contribution is -2.49. The van der Waals surface area contributed by atoms with Gasteiger partial charge < -0.3 is 9.80 Å². The van der Waals surface area contributed by atoms with Crippen LogP contribution in [-0.4, -0.2) is 51.9 Å². The Labute approximate surface area is 156 Å². The van der Waals surface area contributed by atoms with Crippen LogP contribution in [0, 0.1) is 19.7 Å². The Morgan fingerprint density at radius 2 is 1.78 bits per heavy atom. The largest absolute Gasteiger partial charge is 0.353 e. The van der Waals surface area contributed by atoms with Crippen molar-refractivity contribution in [3.63, 3.8) is 0 Å². The predicted molar refractivity (Wildman–Crippen MR) is 101 cm³/mol. The summed E-state index contributed by atoms with van der Waals surface area (Å²) in [5.41, 5.74) is 2.61. The zero-order valence-corrected chi connectivity index (χ0v) is 15.3. The zero-order chi connectivity index (χ0) is 19.0. The second-order valence-corrected chi connectivity index (χ2v) is 6.68. The second kappa shape index (κ2) is 6.90. The molecule has 6 nitrogen and oxygen atoms in total. The summed E-state index contributed by atoms with van der Waals surface area (Å²) < 4.78 is 14.1. The van der Waals surface area contributed by atoms with Crippen molar-refractivity contribution in [3.05, 3.63) is 59.3 Å². The maximum absolute atomic E-state index is 14.1. The monoisotopic (exact) mass is 365 g/mol. The van der Waals surface area contributed by atoms with E-state index >= 15 is 0 Å². The molecule has 0 N–H and O–H groups in total. The molecule has 0 aliphatic carbocycles. The van der Waals surface area contributed by atoms with E-state index in [4.69, 9.17) is 0 Å². The van der Waals surface area contributed by atoms with E-state index in [1.54, 1.807) is 11.1 Å². The summed E-state index contributed by atoms with van der Waals surface area (Å²) in [7, 11) is 0. The summed E-state index contributed by atoms with van der Waals surface area (Å²) in [4.78, 5) is 30.2. The lowest BCUT2D eigenvalue weighted by molar-refractivity contribution is 0.0748. The fourth-order valence-corrected chi connectivity index (χ4v) is 3.31. The fourth-order valence-electron chi connectivity index (χ4n) is 3.31. The zero-order valence-electron chi connectivity index (χ0n) is 15.3. The number of carbonyl (C=O) groups is 1. The van der Waals surface area contributed by atoms with Crippen LogP contribution in [0.15, 0.2) is 36.5 Å². The topological polar surface area (TPSA) is 62.2 Å². The quantitative estimate of drug-likeness (QED) is 0.699. The van der Waals surface area contributed by atoms with Crippen LogP contribution in [0.1, 0.15) is 21.7 Å². The first-order valence-corrected chi connectivity index (χ1v) is 8.92. The number of halogens is 1. The number of nitrogens with zero attached hydrogens (tertiary/aromatic N) is 5. The number of rotatable bonds is 2. The Kier molecular flexibility index (Phi) is 4.43. The molecule has 0 saturated carbocycles. The summed E-state index contributed by atoms with van der Waals surface area (Å²) in [6.07, 6.45) is 1.76. The van der Waals surface area contributed by atoms with Gasteiger partial charge >= 0.3 is 0 Å². The van der Waals surface area contributed by atoms with Gasteiger partial charge in [-0.2, -0.15) is 0 Å². The molecule has 2 aromatic heterocycles. The van der Waals surface area contributed by atoms with Crippen molar-refractivity contribution in [2.24, 2.45) is 0 Å². The standard InChI is InChI=1S/C20H20FN5O/c1-13-14(2)24-19-16(11-15(21)12-17(19)23-13)20(27)26-9-7-25(8-10-26)18-5-3-4-6-22-18/h3-6,11-12H,7-10H2,1-2H3. The van der Waals surface area contributed by atoms with Crippen molar-refractivity contribution in [1.29, 1.82) is 0 Å². The predicted octanol–water partition coefficient (Wildman–Crippen LogP) is 2.74. The highest BCUT2D eigenvalue weighted by atomic mass is 19.1. The molecule has 1 aliphatic heterocycles. The summed E-state index contributed by atoms with van der Waals surface area (Å²) in [5, 5.41) is 0. The van der Waals surface area contributed by atoms with E-state index in [-0.39, 0.29) is 11.5 Å². The molecule has 7 heteroatoms. The van der Waals surface area contributed by atoms with Crippen molar-refractivity contribution < 1.29 is 9.18 Å². The first-order valence-electron chi connectivity index (χ1n) is 8.92. The molecule has 1 aromatic carbocycles. The van der Waals surface area contributed by atoms with Crippen LogP contribution in [0.4, 0.5) is 10.2 Å². The van der Waals surface area contributed by atoms with Gasteiger partial charge in [0.2, 0.25) is 0 Å². The highest BCUT2D eigenvalue weighted by Gasteiger charge is 2.25. The summed E-state index contributed by atoms with van der Waals surface area (Å²) in [5.74, 6) is 0.214. The lowest BCUT2D eigenvalue weighted by atomic mass is 10.1. The Balaban J connectivity index is 1.59. The van der Waals surface area contributed by atoms with Crippen LogP contribution in [0.5, 0.6) is 0 Å². The number of aryl methyl sites for hydroxylation is 2. The maximum Gasteiger partial charge on any atom is 0.256 e. The third-order valence-corrected chi connectivity index (χ3v) is 4.92. The Bertz CT molecular complexity index is 1000. The van der Waals surface area contributed by atoms with Crippen LogP contribution >= 0.6 is 0 Å². The van der Waals surface area contributed by atoms with Crippen LogP contribution in [-0.2, 0) is 0 Å². The van der Waals surface area contributed by atoms with Gasteiger partial charge in [0.15, 0.2) is 0 Å². The van der Waals surface area contributed by atoms with E-state index in [9.17, 15) is 9.18 Å². The molecule has 1 saturated heterocycles. The average molecular weight is 365 g/mol. The minimum absolute atomic E-state index is 0.210. The molecular formula is C20H20FN5O. The number of hydrogen-bond donors (Lipinski definition) is 0. The van der Waals surface area contributed by atoms with Crippen molar-refractivity contribution >= 4 is 22.8 Å². The van der Waals surface area contributed by atoms with E-state index < -0.39 is 5.82 Å². The first kappa shape index (κ1) is 17.3. The Morgan fingerprint density at radius 1 is 1.04 bits per heavy atom. The van der Waals surface area contributed by atoms with Crippen molar-refractivity contribution in [2.45, 2.75) is 13.8 Å². The number of fused-ring (bicyclic) bond motifs is 1. The molecule has 3 heterocycles. The van der Waals surface area contributed by atoms with Crippen LogP contribution in [0.25, 0.3) is 11.0 Å². The Hall–Kier alpha value is -3.09. The molecule has 0 spiro atoms. The van der Waals surface area contributed by atoms with Crippen LogP contribution in [0.2, 0.25) is 0 Å². The van der Waals surface area contributed by atoms with Gasteiger partial charge in [-0.15, -0.1) is 0 Å². The number of anilines is 1. The van der Waals surface area contributed by atoms with E-state index in [1.165, 1.54) is 12.1 Å². The molecule has 1 fully saturated rings. The van der Waals surface area contributed by atoms with E-state index in [1.807, 2.05) is 32.0 Å². The van der Waals surface area contributed by atoms with Gasteiger partial charge in [-0.3, -0.25) is 4.79 Å². The van der Waals surface area contributed by atoms with Crippen LogP contribution in [0.3, 0.4) is 0 Å². The highest BCUT2D eigenvalue weighted by Crippen LogP contribution is 2.22. The molecule has 0 radical (unpaired) electrons. The lowest BCUT2D eigenvalue weighted by Gasteiger charge is -2.35. The summed E-state index contributed by atoms with van der Waals surface area (Å²) in [6.45, 7) is 6.12. The SMILES string of the molecule is Cc1nc2cc(F)cc(C(=O)N3CCN(c4ccccn4)CC3)c2nc1C. The third kappa shape index (κ3) is 3.32. The van der Waals surface area contributed by atoms with E-state index in [0.717, 1.165) is 17.2 Å². The minimum atomic E-state index is -0.476. The number of piperazine rings is 1. The number of amides is 1.